The largest absolute Gasteiger partial charge is 0.481 e. The van der Waals surface area contributed by atoms with E-state index in [9.17, 15) is 53.4 Å². The van der Waals surface area contributed by atoms with Crippen LogP contribution in [-0.4, -0.2) is 103 Å². The summed E-state index contributed by atoms with van der Waals surface area (Å²) in [5.74, 6) is -4.70. The summed E-state index contributed by atoms with van der Waals surface area (Å²) in [5, 5.41) is 33.8. The molecule has 396 valence electrons. The number of nitrogens with zero attached hydrogens (tertiary/aromatic N) is 2. The monoisotopic (exact) mass is 1030 g/mol. The Morgan fingerprint density at radius 1 is 0.900 bits per heavy atom. The van der Waals surface area contributed by atoms with Gasteiger partial charge in [-0.2, -0.15) is 9.29 Å². The summed E-state index contributed by atoms with van der Waals surface area (Å²) in [6.07, 6.45) is 18.8. The van der Waals surface area contributed by atoms with Gasteiger partial charge in [-0.3, -0.25) is 28.0 Å². The molecule has 7 N–H and O–H groups in total. The number of nitrogen functional groups attached to an aromatic ring is 1. The Morgan fingerprint density at radius 2 is 1.56 bits per heavy atom. The fraction of sp³-hybridized carbons (Fsp3) is 0.688. The van der Waals surface area contributed by atoms with Crippen LogP contribution in [0.4, 0.5) is 5.82 Å². The Labute approximate surface area is 411 Å². The standard InChI is InChI=1S/C48H77N3O17P2/c1-3-5-7-8-9-10-11-12-13-14-15-16-22-26-44(55)66-38-33-63-43(54)25-21-18-17-20-23-36-27-30-40(53)39(29-28-37(52)24-19-6-4-2)45(56)46(57)41(35-65-70(61,62)68-69(59,60)64-34-38)67-47(36)51-32-31-42(49)50-48(51)58/h10-11,17,20,27-32,36-39,41,45-47,52,56-57H,3-9,12-16,18-19,21-26,33-35H2,1-2H3,(H,59,60)(H,61,62)(H2,49,50,58)/b11-10-,20-17-,29-28+,30-27-/t36-,37-,38+,39-,41+,45-,46+,47+/m0/s1. The molecule has 22 heteroatoms. The van der Waals surface area contributed by atoms with Crippen LogP contribution in [0.25, 0.3) is 0 Å². The first-order valence-electron chi connectivity index (χ1n) is 24.7. The van der Waals surface area contributed by atoms with E-state index in [-0.39, 0.29) is 25.1 Å². The number of carbonyl (C=O) groups is 3. The van der Waals surface area contributed by atoms with E-state index < -0.39 is 107 Å². The third-order valence-corrected chi connectivity index (χ3v) is 14.2. The normalized spacial score (nSPS) is 29.6. The SMILES string of the molecule is CCCCCC/C=C\CCCCCCCC(=O)O[C@@H]1COC(=O)CCC/C=C\C[C@H]2/C=C\C(=O)[C@H](/C=C/[C@@H](O)CCCCC)[C@H](O)[C@H](O)[C@@H](COP(=O)(O)OP(=O)(O)OC1)O[C@H]2n1ccc(N)nc1=O. The number of anilines is 1. The molecule has 0 amide bonds. The number of hydrogen-bond donors (Lipinski definition) is 6. The number of aliphatic hydroxyl groups is 3. The molecule has 1 aromatic heterocycles. The second-order valence-electron chi connectivity index (χ2n) is 17.6. The molecular weight excluding hydrogens is 952 g/mol. The van der Waals surface area contributed by atoms with E-state index in [4.69, 9.17) is 29.0 Å². The van der Waals surface area contributed by atoms with Crippen molar-refractivity contribution >= 4 is 39.2 Å². The van der Waals surface area contributed by atoms with Crippen molar-refractivity contribution < 1.29 is 76.2 Å². The zero-order valence-electron chi connectivity index (χ0n) is 40.7. The molecule has 2 bridgehead atoms. The highest BCUT2D eigenvalue weighted by atomic mass is 31.3. The van der Waals surface area contributed by atoms with Crippen LogP contribution in [0.15, 0.2) is 65.7 Å². The van der Waals surface area contributed by atoms with Crippen molar-refractivity contribution in [2.45, 2.75) is 179 Å². The second kappa shape index (κ2) is 33.2. The molecule has 20 nitrogen and oxygen atoms in total. The minimum Gasteiger partial charge on any atom is -0.462 e. The maximum atomic E-state index is 13.8. The Morgan fingerprint density at radius 3 is 2.26 bits per heavy atom. The summed E-state index contributed by atoms with van der Waals surface area (Å²) in [4.78, 5) is 77.8. The van der Waals surface area contributed by atoms with Crippen LogP contribution >= 0.6 is 15.6 Å². The number of fused-ring (bicyclic) bond motifs is 3. The van der Waals surface area contributed by atoms with Crippen LogP contribution in [0.1, 0.15) is 148 Å². The van der Waals surface area contributed by atoms with Gasteiger partial charge in [0.1, 0.15) is 30.9 Å². The van der Waals surface area contributed by atoms with Crippen molar-refractivity contribution in [3.8, 4) is 0 Å². The zero-order valence-corrected chi connectivity index (χ0v) is 42.4. The third kappa shape index (κ3) is 24.2. The number of aromatic nitrogens is 2. The summed E-state index contributed by atoms with van der Waals surface area (Å²) in [7, 11) is -11.2. The molecule has 0 saturated heterocycles. The van der Waals surface area contributed by atoms with Crippen LogP contribution in [-0.2, 0) is 51.1 Å². The molecule has 70 heavy (non-hydrogen) atoms. The Kier molecular flexibility index (Phi) is 28.7. The molecule has 0 saturated carbocycles. The number of phosphoric acid groups is 2. The number of rotatable bonds is 21. The topological polar surface area (TPSA) is 303 Å². The van der Waals surface area contributed by atoms with Crippen LogP contribution in [0.5, 0.6) is 0 Å². The molecule has 0 aromatic carbocycles. The van der Waals surface area contributed by atoms with E-state index in [1.54, 1.807) is 12.2 Å². The van der Waals surface area contributed by atoms with Crippen LogP contribution in [0.2, 0.25) is 0 Å². The Hall–Kier alpha value is -3.65. The van der Waals surface area contributed by atoms with Gasteiger partial charge in [0, 0.05) is 25.0 Å². The minimum atomic E-state index is -5.68. The smallest absolute Gasteiger partial charge is 0.462 e. The van der Waals surface area contributed by atoms with Crippen molar-refractivity contribution in [3.63, 3.8) is 0 Å². The number of unbranched alkanes of at least 4 members (excludes halogenated alkanes) is 11. The Balaban J connectivity index is 1.84. The highest BCUT2D eigenvalue weighted by Gasteiger charge is 2.42. The molecule has 0 aliphatic carbocycles. The number of hydrogen-bond acceptors (Lipinski definition) is 17. The van der Waals surface area contributed by atoms with E-state index in [1.807, 2.05) is 6.92 Å². The lowest BCUT2D eigenvalue weighted by Gasteiger charge is -2.36. The molecule has 3 heterocycles. The molecule has 0 fully saturated rings. The summed E-state index contributed by atoms with van der Waals surface area (Å²) in [6.45, 7) is 1.51. The van der Waals surface area contributed by atoms with E-state index in [1.165, 1.54) is 56.2 Å². The number of aliphatic hydroxyl groups excluding tert-OH is 3. The molecule has 0 radical (unpaired) electrons. The summed E-state index contributed by atoms with van der Waals surface area (Å²) in [5.41, 5.74) is 4.83. The van der Waals surface area contributed by atoms with E-state index >= 15 is 0 Å². The predicted molar refractivity (Wildman–Crippen MR) is 261 cm³/mol. The number of esters is 2. The highest BCUT2D eigenvalue weighted by Crippen LogP contribution is 2.60. The molecule has 2 aliphatic heterocycles. The first kappa shape index (κ1) is 60.7. The minimum absolute atomic E-state index is 0.00161. The molecule has 1 aromatic rings. The van der Waals surface area contributed by atoms with Gasteiger partial charge in [-0.15, -0.1) is 0 Å². The number of ether oxygens (including phenoxy) is 3. The highest BCUT2D eigenvalue weighted by molar-refractivity contribution is 7.61. The lowest BCUT2D eigenvalue weighted by molar-refractivity contribution is -0.167. The summed E-state index contributed by atoms with van der Waals surface area (Å²) < 4.78 is 59.0. The lowest BCUT2D eigenvalue weighted by Crippen LogP contribution is -2.49. The van der Waals surface area contributed by atoms with E-state index in [0.29, 0.717) is 32.1 Å². The first-order valence-corrected chi connectivity index (χ1v) is 27.7. The number of allylic oxidation sites excluding steroid dienone is 5. The predicted octanol–water partition coefficient (Wildman–Crippen LogP) is 7.39. The van der Waals surface area contributed by atoms with Crippen LogP contribution in [0, 0.1) is 11.8 Å². The van der Waals surface area contributed by atoms with Crippen molar-refractivity contribution in [1.29, 1.82) is 0 Å². The van der Waals surface area contributed by atoms with Gasteiger partial charge in [-0.05, 0) is 69.9 Å². The van der Waals surface area contributed by atoms with Crippen LogP contribution < -0.4 is 11.4 Å². The van der Waals surface area contributed by atoms with Crippen molar-refractivity contribution in [2.24, 2.45) is 11.8 Å². The van der Waals surface area contributed by atoms with Gasteiger partial charge in [-0.25, -0.2) is 13.9 Å². The maximum absolute atomic E-state index is 13.8. The fourth-order valence-electron chi connectivity index (χ4n) is 7.63. The molecule has 0 spiro atoms. The molecule has 10 atom stereocenters. The van der Waals surface area contributed by atoms with E-state index in [0.717, 1.165) is 62.0 Å². The van der Waals surface area contributed by atoms with Gasteiger partial charge in [0.2, 0.25) is 0 Å². The number of ketones is 1. The number of cyclic esters (lactones) is 1. The third-order valence-electron chi connectivity index (χ3n) is 11.6. The summed E-state index contributed by atoms with van der Waals surface area (Å²) >= 11 is 0. The zero-order chi connectivity index (χ0) is 51.4. The quantitative estimate of drug-likeness (QED) is 0.0302. The first-order chi connectivity index (χ1) is 33.4. The van der Waals surface area contributed by atoms with E-state index in [2.05, 4.69) is 28.4 Å². The van der Waals surface area contributed by atoms with Gasteiger partial charge >= 0.3 is 33.3 Å². The average Bonchev–Trinajstić information content (AvgIpc) is 3.30. The Bertz CT molecular complexity index is 2010. The number of phosphoric ester groups is 2. The molecule has 2 aliphatic rings. The van der Waals surface area contributed by atoms with Crippen molar-refractivity contribution in [3.05, 3.63) is 71.4 Å². The molecule has 2 unspecified atom stereocenters. The summed E-state index contributed by atoms with van der Waals surface area (Å²) in [6, 6.07) is 1.28. The molecular formula is C48H77N3O17P2. The van der Waals surface area contributed by atoms with Crippen molar-refractivity contribution in [1.82, 2.24) is 9.55 Å². The second-order valence-corrected chi connectivity index (χ2v) is 20.7. The molecule has 3 rings (SSSR count). The maximum Gasteiger partial charge on any atom is 0.481 e. The van der Waals surface area contributed by atoms with Gasteiger partial charge in [0.15, 0.2) is 11.9 Å². The van der Waals surface area contributed by atoms with Gasteiger partial charge in [-0.1, -0.05) is 114 Å². The van der Waals surface area contributed by atoms with Crippen molar-refractivity contribution in [2.75, 3.05) is 25.6 Å². The fourth-order valence-corrected chi connectivity index (χ4v) is 9.74. The van der Waals surface area contributed by atoms with Crippen LogP contribution in [0.3, 0.4) is 0 Å². The van der Waals surface area contributed by atoms with Gasteiger partial charge in [0.05, 0.1) is 31.3 Å². The lowest BCUT2D eigenvalue weighted by atomic mass is 9.88. The van der Waals surface area contributed by atoms with Gasteiger partial charge < -0.3 is 45.1 Å². The number of nitrogens with two attached hydrogens (primary N) is 1. The number of carbonyl (C=O) groups excluding carboxylic acids is 3. The van der Waals surface area contributed by atoms with Gasteiger partial charge in [0.25, 0.3) is 0 Å². The average molecular weight is 1030 g/mol.